The molecule has 5 aliphatic rings. The highest BCUT2D eigenvalue weighted by Crippen LogP contribution is 2.72. The lowest BCUT2D eigenvalue weighted by Crippen LogP contribution is -2.64. The van der Waals surface area contributed by atoms with Crippen molar-refractivity contribution < 1.29 is 67.6 Å². The van der Waals surface area contributed by atoms with E-state index in [9.17, 15) is 58.2 Å². The van der Waals surface area contributed by atoms with Crippen LogP contribution in [0, 0.1) is 35.0 Å². The van der Waals surface area contributed by atoms with Crippen molar-refractivity contribution in [1.29, 1.82) is 0 Å². The Balaban J connectivity index is 0.681. The Morgan fingerprint density at radius 1 is 0.765 bits per heavy atom. The minimum Gasteiger partial charge on any atom is -0.481 e. The smallest absolute Gasteiger partial charge is 0.355 e. The molecule has 27 heteroatoms. The minimum absolute atomic E-state index is 0.0609. The molecule has 4 aromatic heterocycles. The first-order valence-electron chi connectivity index (χ1n) is 34.6. The number of rotatable bonds is 34. The molecule has 5 atom stereocenters. The molecule has 0 spiro atoms. The summed E-state index contributed by atoms with van der Waals surface area (Å²) in [6.07, 6.45) is 12.4. The zero-order valence-electron chi connectivity index (χ0n) is 57.8. The van der Waals surface area contributed by atoms with Crippen LogP contribution < -0.4 is 32.3 Å². The van der Waals surface area contributed by atoms with Crippen LogP contribution >= 0.6 is 11.3 Å². The van der Waals surface area contributed by atoms with Crippen molar-refractivity contribution in [3.8, 4) is 22.4 Å². The molecule has 4 aliphatic carbocycles. The van der Waals surface area contributed by atoms with Gasteiger partial charge in [-0.1, -0.05) is 75.8 Å². The first kappa shape index (κ1) is 73.1. The van der Waals surface area contributed by atoms with E-state index < -0.39 is 59.9 Å². The lowest BCUT2D eigenvalue weighted by Gasteiger charge is -2.69. The quantitative estimate of drug-likeness (QED) is 0.0106. The molecule has 26 nitrogen and oxygen atoms in total. The van der Waals surface area contributed by atoms with Crippen molar-refractivity contribution in [2.24, 2.45) is 33.8 Å². The molecule has 7 amide bonds. The van der Waals surface area contributed by atoms with Gasteiger partial charge in [0.2, 0.25) is 11.8 Å². The van der Waals surface area contributed by atoms with Crippen LogP contribution in [0.2, 0.25) is 0 Å². The molecule has 4 bridgehead atoms. The fourth-order valence-corrected chi connectivity index (χ4v) is 17.4. The predicted octanol–water partition coefficient (Wildman–Crippen LogP) is 9.93. The highest BCUT2D eigenvalue weighted by molar-refractivity contribution is 7.22. The number of thiazole rings is 1. The van der Waals surface area contributed by atoms with Gasteiger partial charge in [0.05, 0.1) is 52.3 Å². The molecule has 4 fully saturated rings. The molecule has 9 N–H and O–H groups in total. The number of para-hydroxylation sites is 1. The molecule has 102 heavy (non-hydrogen) atoms. The highest BCUT2D eigenvalue weighted by atomic mass is 32.1. The summed E-state index contributed by atoms with van der Waals surface area (Å²) in [6.45, 7) is 11.2. The zero-order chi connectivity index (χ0) is 72.7. The number of benzene rings is 3. The summed E-state index contributed by atoms with van der Waals surface area (Å²) in [6, 6.07) is 21.8. The Labute approximate surface area is 593 Å². The largest absolute Gasteiger partial charge is 0.481 e. The molecule has 3 unspecified atom stereocenters. The van der Waals surface area contributed by atoms with E-state index in [1.54, 1.807) is 86.9 Å². The number of aromatic carboxylic acids is 1. The number of urea groups is 1. The Morgan fingerprint density at radius 2 is 1.50 bits per heavy atom. The van der Waals surface area contributed by atoms with E-state index in [-0.39, 0.29) is 109 Å². The third-order valence-corrected chi connectivity index (χ3v) is 20.9. The van der Waals surface area contributed by atoms with Crippen molar-refractivity contribution >= 4 is 103 Å². The third kappa shape index (κ3) is 17.4. The molecule has 7 aromatic rings. The number of unbranched alkanes of at least 4 members (excludes halogenated alkanes) is 2. The van der Waals surface area contributed by atoms with Crippen LogP contribution in [0.5, 0.6) is 0 Å². The van der Waals surface area contributed by atoms with Gasteiger partial charge in [0.1, 0.15) is 12.6 Å². The number of pyridine rings is 2. The van der Waals surface area contributed by atoms with E-state index in [0.717, 1.165) is 59.3 Å². The summed E-state index contributed by atoms with van der Waals surface area (Å²) in [5.41, 5.74) is 9.57. The minimum atomic E-state index is -1.22. The number of aliphatic carboxylic acids is 1. The number of amides is 7. The number of ketones is 1. The molecule has 12 rings (SSSR count). The van der Waals surface area contributed by atoms with E-state index in [1.165, 1.54) is 23.5 Å². The van der Waals surface area contributed by atoms with Gasteiger partial charge in [0, 0.05) is 102 Å². The van der Waals surface area contributed by atoms with Crippen LogP contribution in [0.15, 0.2) is 109 Å². The van der Waals surface area contributed by atoms with Gasteiger partial charge in [-0.15, -0.1) is 0 Å². The number of nitrogens with zero attached hydrogens (tertiary/aromatic N) is 6. The lowest BCUT2D eigenvalue weighted by atomic mass is 9.39. The highest BCUT2D eigenvalue weighted by Gasteiger charge is 2.66. The maximum Gasteiger partial charge on any atom is 0.355 e. The van der Waals surface area contributed by atoms with Gasteiger partial charge in [-0.2, -0.15) is 5.10 Å². The maximum absolute atomic E-state index is 13.9. The fourth-order valence-electron chi connectivity index (χ4n) is 16.5. The molecule has 0 radical (unpaired) electrons. The summed E-state index contributed by atoms with van der Waals surface area (Å²) in [5.74, 6) is -6.66. The number of hydrogen-bond donors (Lipinski definition) is 8. The van der Waals surface area contributed by atoms with Crippen molar-refractivity contribution in [3.05, 3.63) is 132 Å². The van der Waals surface area contributed by atoms with Crippen molar-refractivity contribution in [3.63, 3.8) is 0 Å². The number of carboxylic acid groups (broad SMARTS) is 2. The summed E-state index contributed by atoms with van der Waals surface area (Å²) in [4.78, 5) is 144. The Hall–Kier alpha value is -10.1. The number of Topliss-reactive ketones (excluding diaryl/α,β-unsaturated/α-hetero) is 1. The molecule has 3 aromatic carbocycles. The van der Waals surface area contributed by atoms with E-state index >= 15 is 0 Å². The SMILES string of the molecule is Cc1c(-c2ccc(-c3cnc4cccc(C(=O)Nc5nc6ccccc6s5)c4c3)nc2C(=O)O)cnn1CC12CC3(C)CC(C)(C1)CC(OCCNC(CC(=O)O)C(=O)OCc1ccc(NC(=O)[C@H](CCCNC(N)=O)CC(=O)[C@@H](NC(=O)CCCCCN4C(=O)C=CC4=O)C(C)C)cc1)(C3)C2. The second-order valence-electron chi connectivity index (χ2n) is 28.9. The number of hydrogen-bond acceptors (Lipinski definition) is 18. The molecule has 536 valence electrons. The Kier molecular flexibility index (Phi) is 22.2. The van der Waals surface area contributed by atoms with Gasteiger partial charge in [-0.3, -0.25) is 58.2 Å². The normalized spacial score (nSPS) is 20.5. The van der Waals surface area contributed by atoms with Gasteiger partial charge in [-0.25, -0.2) is 19.6 Å². The number of imide groups is 1. The number of fused-ring (bicyclic) bond motifs is 2. The number of carbonyl (C=O) groups is 10. The molecular weight excluding hydrogens is 1320 g/mol. The van der Waals surface area contributed by atoms with Gasteiger partial charge >= 0.3 is 23.9 Å². The predicted molar refractivity (Wildman–Crippen MR) is 380 cm³/mol. The Bertz CT molecular complexity index is 4360. The number of anilines is 2. The molecule has 4 saturated carbocycles. The van der Waals surface area contributed by atoms with Crippen molar-refractivity contribution in [1.82, 2.24) is 45.6 Å². The number of nitrogens with one attached hydrogen (secondary N) is 5. The molecular formula is C75H86N12O14S. The van der Waals surface area contributed by atoms with Crippen LogP contribution in [0.25, 0.3) is 43.5 Å². The second kappa shape index (κ2) is 31.0. The average molecular weight is 1410 g/mol. The number of nitrogens with two attached hydrogens (primary N) is 1. The number of carbonyl (C=O) groups excluding carboxylic acids is 8. The standard InChI is InChI=1S/C75H86N12O14S/c1-44(2)64(84-60(89)18-7-6-10-29-86-61(90)25-26-62(86)91)58(88)32-47(13-12-27-78-70(76)99)66(94)81-49-21-19-46(20-22-49)36-100-69(98)57(33-63(92)93)77-28-30-101-75-40-72(4)37-73(5,41-75)39-74(38-72,42-75)43-87-45(3)53(35-80-87)50-23-24-54(82-65(50)68(96)97)48-31-52-51(14-11-16-55(52)79-34-48)67(95)85-71-83-56-15-8-9-17-59(56)102-71/h8-9,11,14-17,19-26,31,34-35,44,47,57,64,77H,6-7,10,12-13,18,27-30,32-33,36-43H2,1-5H3,(H,81,94)(H,84,89)(H,92,93)(H,96,97)(H3,76,78,99)(H,83,85,95)/t47-,57?,64+,72?,73?,74?,75?/m1/s1. The summed E-state index contributed by atoms with van der Waals surface area (Å²) in [5, 5.41) is 40.7. The van der Waals surface area contributed by atoms with Crippen LogP contribution in [0.3, 0.4) is 0 Å². The average Bonchev–Trinajstić information content (AvgIpc) is 0.782. The van der Waals surface area contributed by atoms with Crippen molar-refractivity contribution in [2.45, 2.75) is 155 Å². The number of carboxylic acids is 2. The van der Waals surface area contributed by atoms with Crippen LogP contribution in [-0.2, 0) is 56.2 Å². The van der Waals surface area contributed by atoms with E-state index in [2.05, 4.69) is 50.4 Å². The molecule has 0 saturated heterocycles. The van der Waals surface area contributed by atoms with Gasteiger partial charge in [0.25, 0.3) is 17.7 Å². The summed E-state index contributed by atoms with van der Waals surface area (Å²) >= 11 is 1.37. The molecule has 5 heterocycles. The summed E-state index contributed by atoms with van der Waals surface area (Å²) < 4.78 is 15.5. The van der Waals surface area contributed by atoms with Gasteiger partial charge in [0.15, 0.2) is 16.6 Å². The van der Waals surface area contributed by atoms with E-state index in [4.69, 9.17) is 25.3 Å². The van der Waals surface area contributed by atoms with Crippen molar-refractivity contribution in [2.75, 3.05) is 36.9 Å². The topological polar surface area (TPSA) is 376 Å². The van der Waals surface area contributed by atoms with E-state index in [0.29, 0.717) is 87.5 Å². The number of aromatic nitrogens is 5. The first-order valence-corrected chi connectivity index (χ1v) is 35.4. The van der Waals surface area contributed by atoms with E-state index in [1.807, 2.05) is 35.9 Å². The van der Waals surface area contributed by atoms with Crippen LogP contribution in [-0.4, -0.2) is 143 Å². The number of primary amides is 1. The molecule has 1 aliphatic heterocycles. The Morgan fingerprint density at radius 3 is 2.21 bits per heavy atom. The lowest BCUT2D eigenvalue weighted by molar-refractivity contribution is -0.247. The third-order valence-electron chi connectivity index (χ3n) is 19.9. The zero-order valence-corrected chi connectivity index (χ0v) is 58.6. The van der Waals surface area contributed by atoms with Crippen LogP contribution in [0.4, 0.5) is 15.6 Å². The van der Waals surface area contributed by atoms with Crippen LogP contribution in [0.1, 0.15) is 150 Å². The number of esters is 1. The number of ether oxygens (including phenoxy) is 2. The first-order chi connectivity index (χ1) is 48.7. The summed E-state index contributed by atoms with van der Waals surface area (Å²) in [7, 11) is 0. The second-order valence-corrected chi connectivity index (χ2v) is 29.9. The van der Waals surface area contributed by atoms with Gasteiger partial charge in [-0.05, 0) is 153 Å². The monoisotopic (exact) mass is 1410 g/mol. The van der Waals surface area contributed by atoms with Gasteiger partial charge < -0.3 is 46.7 Å². The maximum atomic E-state index is 13.9. The fraction of sp³-hybridized carbons (Fsp3) is 0.440.